The van der Waals surface area contributed by atoms with Crippen molar-refractivity contribution in [3.8, 4) is 5.75 Å². The number of hydrogen-bond donors (Lipinski definition) is 2. The quantitative estimate of drug-likeness (QED) is 0.676. The normalized spacial score (nSPS) is 28.9. The van der Waals surface area contributed by atoms with Gasteiger partial charge in [-0.15, -0.1) is 0 Å². The first-order chi connectivity index (χ1) is 14.2. The summed E-state index contributed by atoms with van der Waals surface area (Å²) in [5.74, 6) is -1.34. The minimum absolute atomic E-state index is 0.151. The van der Waals surface area contributed by atoms with Crippen LogP contribution < -0.4 is 9.46 Å². The molecular formula is C21H23ClN2O5S. The molecule has 7 nitrogen and oxygen atoms in total. The number of rotatable bonds is 7. The summed E-state index contributed by atoms with van der Waals surface area (Å²) in [6, 6.07) is 16.0. The van der Waals surface area contributed by atoms with Crippen LogP contribution in [-0.2, 0) is 15.0 Å². The van der Waals surface area contributed by atoms with E-state index in [0.29, 0.717) is 17.2 Å². The van der Waals surface area contributed by atoms with Crippen LogP contribution in [0.25, 0.3) is 0 Å². The molecule has 0 aromatic heterocycles. The van der Waals surface area contributed by atoms with Crippen LogP contribution in [0.1, 0.15) is 24.8 Å². The van der Waals surface area contributed by atoms with Crippen LogP contribution in [0.5, 0.6) is 5.75 Å². The number of halogens is 1. The Morgan fingerprint density at radius 3 is 2.50 bits per heavy atom. The standard InChI is InChI=1S/C21H23ClN2O5S/c1-14-19(15-5-3-2-4-6-15)21(14,20(25)26)23-30(27,28)24-12-11-18(13-24)29-17-9-7-16(22)8-10-17/h2-10,14,18-19,23H,11-13H2,1H3,(H,25,26)/t14?,18?,19-,21-/m0/s1. The zero-order valence-corrected chi connectivity index (χ0v) is 17.9. The molecule has 1 saturated heterocycles. The molecule has 2 N–H and O–H groups in total. The van der Waals surface area contributed by atoms with Gasteiger partial charge in [0.1, 0.15) is 17.4 Å². The number of aliphatic carboxylic acids is 1. The summed E-state index contributed by atoms with van der Waals surface area (Å²) >= 11 is 5.87. The third kappa shape index (κ3) is 3.80. The lowest BCUT2D eigenvalue weighted by Crippen LogP contribution is -2.51. The van der Waals surface area contributed by atoms with E-state index in [2.05, 4.69) is 4.72 Å². The van der Waals surface area contributed by atoms with Crippen molar-refractivity contribution in [2.45, 2.75) is 30.9 Å². The molecule has 2 aromatic carbocycles. The number of benzene rings is 2. The molecule has 4 rings (SSSR count). The fourth-order valence-electron chi connectivity index (χ4n) is 4.30. The van der Waals surface area contributed by atoms with E-state index in [4.69, 9.17) is 16.3 Å². The van der Waals surface area contributed by atoms with E-state index in [1.807, 2.05) is 30.3 Å². The van der Waals surface area contributed by atoms with Gasteiger partial charge in [-0.1, -0.05) is 48.9 Å². The molecule has 9 heteroatoms. The SMILES string of the molecule is CC1[C@@H](c2ccccc2)[C@]1(NS(=O)(=O)N1CCC(Oc2ccc(Cl)cc2)C1)C(=O)O. The highest BCUT2D eigenvalue weighted by molar-refractivity contribution is 7.87. The van der Waals surface area contributed by atoms with Gasteiger partial charge in [0, 0.05) is 17.5 Å². The predicted octanol–water partition coefficient (Wildman–Crippen LogP) is 2.88. The highest BCUT2D eigenvalue weighted by Gasteiger charge is 2.70. The molecule has 1 heterocycles. The van der Waals surface area contributed by atoms with Crippen molar-refractivity contribution < 1.29 is 23.1 Å². The van der Waals surface area contributed by atoms with Crippen LogP contribution in [0.3, 0.4) is 0 Å². The summed E-state index contributed by atoms with van der Waals surface area (Å²) in [6.45, 7) is 2.16. The topological polar surface area (TPSA) is 95.9 Å². The van der Waals surface area contributed by atoms with E-state index in [1.54, 1.807) is 31.2 Å². The molecule has 1 saturated carbocycles. The maximum Gasteiger partial charge on any atom is 0.325 e. The first-order valence-corrected chi connectivity index (χ1v) is 11.6. The maximum absolute atomic E-state index is 13.0. The minimum Gasteiger partial charge on any atom is -0.489 e. The summed E-state index contributed by atoms with van der Waals surface area (Å²) in [5.41, 5.74) is -0.740. The van der Waals surface area contributed by atoms with E-state index in [1.165, 1.54) is 4.31 Å². The van der Waals surface area contributed by atoms with Gasteiger partial charge in [-0.3, -0.25) is 4.79 Å². The van der Waals surface area contributed by atoms with Gasteiger partial charge in [-0.25, -0.2) is 0 Å². The average molecular weight is 451 g/mol. The molecular weight excluding hydrogens is 428 g/mol. The van der Waals surface area contributed by atoms with Crippen LogP contribution in [0, 0.1) is 5.92 Å². The Morgan fingerprint density at radius 2 is 1.87 bits per heavy atom. The van der Waals surface area contributed by atoms with Crippen molar-refractivity contribution in [1.82, 2.24) is 9.03 Å². The van der Waals surface area contributed by atoms with Crippen LogP contribution in [0.4, 0.5) is 0 Å². The van der Waals surface area contributed by atoms with Gasteiger partial charge in [0.15, 0.2) is 0 Å². The second-order valence-electron chi connectivity index (χ2n) is 7.80. The van der Waals surface area contributed by atoms with Crippen molar-refractivity contribution in [2.75, 3.05) is 13.1 Å². The number of carboxylic acids is 1. The number of carboxylic acid groups (broad SMARTS) is 1. The van der Waals surface area contributed by atoms with Crippen molar-refractivity contribution in [2.24, 2.45) is 5.92 Å². The lowest BCUT2D eigenvalue weighted by Gasteiger charge is -2.22. The van der Waals surface area contributed by atoms with Gasteiger partial charge < -0.3 is 9.84 Å². The molecule has 30 heavy (non-hydrogen) atoms. The maximum atomic E-state index is 13.0. The Morgan fingerprint density at radius 1 is 1.20 bits per heavy atom. The Hall–Kier alpha value is -2.13. The van der Waals surface area contributed by atoms with Crippen molar-refractivity contribution in [3.63, 3.8) is 0 Å². The van der Waals surface area contributed by atoms with Gasteiger partial charge >= 0.3 is 5.97 Å². The number of nitrogens with zero attached hydrogens (tertiary/aromatic N) is 1. The summed E-state index contributed by atoms with van der Waals surface area (Å²) in [6.07, 6.45) is 0.200. The Labute approximate surface area is 180 Å². The molecule has 160 valence electrons. The molecule has 0 bridgehead atoms. The number of ether oxygens (including phenoxy) is 1. The van der Waals surface area contributed by atoms with Gasteiger partial charge in [-0.2, -0.15) is 17.4 Å². The molecule has 2 aliphatic rings. The molecule has 2 fully saturated rings. The molecule has 4 atom stereocenters. The van der Waals surface area contributed by atoms with Crippen molar-refractivity contribution in [1.29, 1.82) is 0 Å². The molecule has 2 aromatic rings. The zero-order valence-electron chi connectivity index (χ0n) is 16.4. The molecule has 1 aliphatic carbocycles. The van der Waals surface area contributed by atoms with Crippen LogP contribution in [0.2, 0.25) is 5.02 Å². The fourth-order valence-corrected chi connectivity index (χ4v) is 6.09. The average Bonchev–Trinajstić information content (AvgIpc) is 3.05. The van der Waals surface area contributed by atoms with Gasteiger partial charge in [0.05, 0.1) is 6.54 Å². The smallest absolute Gasteiger partial charge is 0.325 e. The van der Waals surface area contributed by atoms with E-state index in [9.17, 15) is 18.3 Å². The summed E-state index contributed by atoms with van der Waals surface area (Å²) < 4.78 is 35.7. The summed E-state index contributed by atoms with van der Waals surface area (Å²) in [7, 11) is -4.00. The highest BCUT2D eigenvalue weighted by Crippen LogP contribution is 2.58. The fraction of sp³-hybridized carbons (Fsp3) is 0.381. The second-order valence-corrected chi connectivity index (χ2v) is 9.91. The van der Waals surface area contributed by atoms with Gasteiger partial charge in [-0.05, 0) is 42.2 Å². The Bertz CT molecular complexity index is 1030. The number of hydrogen-bond acceptors (Lipinski definition) is 4. The van der Waals surface area contributed by atoms with Crippen molar-refractivity contribution in [3.05, 3.63) is 65.2 Å². The monoisotopic (exact) mass is 450 g/mol. The van der Waals surface area contributed by atoms with Crippen LogP contribution in [0.15, 0.2) is 54.6 Å². The molecule has 0 amide bonds. The van der Waals surface area contributed by atoms with Crippen molar-refractivity contribution >= 4 is 27.8 Å². The minimum atomic E-state index is -4.00. The lowest BCUT2D eigenvalue weighted by atomic mass is 10.1. The van der Waals surface area contributed by atoms with E-state index in [0.717, 1.165) is 5.56 Å². The van der Waals surface area contributed by atoms with Gasteiger partial charge in [0.25, 0.3) is 10.2 Å². The first kappa shape index (κ1) is 21.1. The van der Waals surface area contributed by atoms with E-state index in [-0.39, 0.29) is 25.1 Å². The third-order valence-corrected chi connectivity index (χ3v) is 7.83. The second kappa shape index (κ2) is 7.85. The lowest BCUT2D eigenvalue weighted by molar-refractivity contribution is -0.140. The zero-order chi connectivity index (χ0) is 21.5. The molecule has 0 spiro atoms. The number of carbonyl (C=O) groups is 1. The summed E-state index contributed by atoms with van der Waals surface area (Å²) in [4.78, 5) is 12.1. The Balaban J connectivity index is 1.47. The summed E-state index contributed by atoms with van der Waals surface area (Å²) in [5, 5.41) is 10.5. The Kier molecular flexibility index (Phi) is 5.52. The van der Waals surface area contributed by atoms with E-state index < -0.39 is 27.6 Å². The van der Waals surface area contributed by atoms with Crippen LogP contribution >= 0.6 is 11.6 Å². The third-order valence-electron chi connectivity index (χ3n) is 5.97. The molecule has 1 aliphatic heterocycles. The predicted molar refractivity (Wildman–Crippen MR) is 113 cm³/mol. The highest BCUT2D eigenvalue weighted by atomic mass is 35.5. The largest absolute Gasteiger partial charge is 0.489 e. The molecule has 2 unspecified atom stereocenters. The van der Waals surface area contributed by atoms with Gasteiger partial charge in [0.2, 0.25) is 0 Å². The van der Waals surface area contributed by atoms with E-state index >= 15 is 0 Å². The number of nitrogens with one attached hydrogen (secondary N) is 1. The first-order valence-electron chi connectivity index (χ1n) is 9.73. The molecule has 0 radical (unpaired) electrons. The van der Waals surface area contributed by atoms with Crippen LogP contribution in [-0.4, -0.2) is 48.5 Å².